The predicted octanol–water partition coefficient (Wildman–Crippen LogP) is 2.66. The van der Waals surface area contributed by atoms with Gasteiger partial charge in [0.2, 0.25) is 15.8 Å². The van der Waals surface area contributed by atoms with E-state index >= 15 is 0 Å². The lowest BCUT2D eigenvalue weighted by Gasteiger charge is -2.17. The highest BCUT2D eigenvalue weighted by Crippen LogP contribution is 2.27. The number of phenolic OH excluding ortho intramolecular Hbond substituents is 1. The smallest absolute Gasteiger partial charge is 0.449 e. The fourth-order valence-corrected chi connectivity index (χ4v) is 4.65. The highest BCUT2D eigenvalue weighted by atomic mass is 32.2. The summed E-state index contributed by atoms with van der Waals surface area (Å²) in [5.41, 5.74) is 0.484. The van der Waals surface area contributed by atoms with Crippen molar-refractivity contribution in [3.8, 4) is 5.75 Å². The maximum atomic E-state index is 12.7. The molecule has 0 radical (unpaired) electrons. The molecular formula is C19H26F3NO6S. The molecule has 0 amide bonds. The van der Waals surface area contributed by atoms with Crippen LogP contribution in [0.25, 0.3) is 0 Å². The maximum absolute atomic E-state index is 12.7. The van der Waals surface area contributed by atoms with E-state index in [2.05, 4.69) is 0 Å². The summed E-state index contributed by atoms with van der Waals surface area (Å²) in [5.74, 6) is -1.69. The van der Waals surface area contributed by atoms with Crippen LogP contribution in [0, 0.1) is 12.8 Å². The number of hydrogen-bond acceptors (Lipinski definition) is 6. The Labute approximate surface area is 173 Å². The second-order valence-electron chi connectivity index (χ2n) is 7.18. The third-order valence-corrected chi connectivity index (χ3v) is 6.65. The average Bonchev–Trinajstić information content (AvgIpc) is 3.14. The number of rotatable bonds is 11. The van der Waals surface area contributed by atoms with Gasteiger partial charge in [-0.05, 0) is 49.4 Å². The minimum atomic E-state index is -4.80. The SMILES string of the molecule is Cc1cc(S(=O)(=O)N2CC[C@H](COCCOCCCC(=O)C(F)(F)F)C2)ccc1O. The van der Waals surface area contributed by atoms with E-state index in [0.717, 1.165) is 0 Å². The summed E-state index contributed by atoms with van der Waals surface area (Å²) in [4.78, 5) is 10.8. The van der Waals surface area contributed by atoms with Gasteiger partial charge in [-0.3, -0.25) is 4.79 Å². The Balaban J connectivity index is 1.64. The van der Waals surface area contributed by atoms with Gasteiger partial charge in [-0.1, -0.05) is 0 Å². The molecule has 0 unspecified atom stereocenters. The largest absolute Gasteiger partial charge is 0.508 e. The molecule has 0 bridgehead atoms. The summed E-state index contributed by atoms with van der Waals surface area (Å²) in [7, 11) is -3.64. The number of carbonyl (C=O) groups excluding carboxylic acids is 1. The Morgan fingerprint density at radius 1 is 1.23 bits per heavy atom. The highest BCUT2D eigenvalue weighted by Gasteiger charge is 2.37. The van der Waals surface area contributed by atoms with Gasteiger partial charge < -0.3 is 14.6 Å². The Hall–Kier alpha value is -1.69. The summed E-state index contributed by atoms with van der Waals surface area (Å²) < 4.78 is 73.6. The third-order valence-electron chi connectivity index (χ3n) is 4.79. The number of aromatic hydroxyl groups is 1. The zero-order valence-electron chi connectivity index (χ0n) is 16.7. The van der Waals surface area contributed by atoms with E-state index < -0.39 is 28.4 Å². The van der Waals surface area contributed by atoms with Gasteiger partial charge in [0, 0.05) is 26.1 Å². The molecule has 1 aliphatic heterocycles. The number of nitrogens with zero attached hydrogens (tertiary/aromatic N) is 1. The van der Waals surface area contributed by atoms with Crippen LogP contribution in [0.2, 0.25) is 0 Å². The van der Waals surface area contributed by atoms with Crippen LogP contribution in [0.4, 0.5) is 13.2 Å². The fourth-order valence-electron chi connectivity index (χ4n) is 3.04. The minimum Gasteiger partial charge on any atom is -0.508 e. The maximum Gasteiger partial charge on any atom is 0.449 e. The molecule has 0 aliphatic carbocycles. The molecule has 0 aromatic heterocycles. The molecule has 0 saturated carbocycles. The Bertz CT molecular complexity index is 828. The molecule has 170 valence electrons. The van der Waals surface area contributed by atoms with Gasteiger partial charge in [0.15, 0.2) is 0 Å². The van der Waals surface area contributed by atoms with Crippen molar-refractivity contribution in [1.82, 2.24) is 4.31 Å². The molecule has 30 heavy (non-hydrogen) atoms. The van der Waals surface area contributed by atoms with Gasteiger partial charge in [-0.2, -0.15) is 17.5 Å². The number of hydrogen-bond donors (Lipinski definition) is 1. The fraction of sp³-hybridized carbons (Fsp3) is 0.632. The second kappa shape index (κ2) is 10.6. The number of benzene rings is 1. The second-order valence-corrected chi connectivity index (χ2v) is 9.12. The van der Waals surface area contributed by atoms with Gasteiger partial charge in [0.1, 0.15) is 5.75 Å². The molecule has 1 fully saturated rings. The van der Waals surface area contributed by atoms with Gasteiger partial charge in [-0.15, -0.1) is 0 Å². The molecule has 1 aromatic carbocycles. The van der Waals surface area contributed by atoms with Gasteiger partial charge in [0.25, 0.3) is 0 Å². The zero-order valence-corrected chi connectivity index (χ0v) is 17.5. The molecular weight excluding hydrogens is 427 g/mol. The number of Topliss-reactive ketones (excluding diaryl/α,β-unsaturated/α-hetero) is 1. The number of halogens is 3. The lowest BCUT2D eigenvalue weighted by Crippen LogP contribution is -2.29. The van der Waals surface area contributed by atoms with E-state index in [1.807, 2.05) is 0 Å². The summed E-state index contributed by atoms with van der Waals surface area (Å²) in [6.07, 6.45) is -4.76. The van der Waals surface area contributed by atoms with Gasteiger partial charge in [0.05, 0.1) is 24.7 Å². The first-order valence-corrected chi connectivity index (χ1v) is 11.0. The summed E-state index contributed by atoms with van der Waals surface area (Å²) in [5, 5.41) is 9.57. The number of carbonyl (C=O) groups is 1. The first-order valence-electron chi connectivity index (χ1n) is 9.57. The van der Waals surface area contributed by atoms with Gasteiger partial charge >= 0.3 is 6.18 Å². The van der Waals surface area contributed by atoms with Crippen LogP contribution in [0.1, 0.15) is 24.8 Å². The van der Waals surface area contributed by atoms with E-state index in [0.29, 0.717) is 31.7 Å². The molecule has 1 atom stereocenters. The highest BCUT2D eigenvalue weighted by molar-refractivity contribution is 7.89. The summed E-state index contributed by atoms with van der Waals surface area (Å²) >= 11 is 0. The van der Waals surface area contributed by atoms with E-state index in [4.69, 9.17) is 9.47 Å². The van der Waals surface area contributed by atoms with Crippen LogP contribution in [0.5, 0.6) is 5.75 Å². The van der Waals surface area contributed by atoms with Crippen molar-refractivity contribution >= 4 is 15.8 Å². The average molecular weight is 453 g/mol. The lowest BCUT2D eigenvalue weighted by molar-refractivity contribution is -0.171. The monoisotopic (exact) mass is 453 g/mol. The molecule has 1 heterocycles. The Kier molecular flexibility index (Phi) is 8.65. The van der Waals surface area contributed by atoms with Crippen molar-refractivity contribution in [3.63, 3.8) is 0 Å². The van der Waals surface area contributed by atoms with E-state index in [1.165, 1.54) is 22.5 Å². The minimum absolute atomic E-state index is 0.00940. The molecule has 1 aliphatic rings. The first kappa shape index (κ1) is 24.6. The Morgan fingerprint density at radius 3 is 2.60 bits per heavy atom. The van der Waals surface area contributed by atoms with Crippen LogP contribution < -0.4 is 0 Å². The normalized spacial score (nSPS) is 18.1. The van der Waals surface area contributed by atoms with E-state index in [9.17, 15) is 31.5 Å². The zero-order chi connectivity index (χ0) is 22.4. The third kappa shape index (κ3) is 6.93. The van der Waals surface area contributed by atoms with Crippen LogP contribution in [0.3, 0.4) is 0 Å². The van der Waals surface area contributed by atoms with E-state index in [-0.39, 0.29) is 42.8 Å². The number of ether oxygens (including phenoxy) is 2. The molecule has 1 saturated heterocycles. The molecule has 7 nitrogen and oxygen atoms in total. The van der Waals surface area contributed by atoms with Crippen LogP contribution in [-0.2, 0) is 24.3 Å². The van der Waals surface area contributed by atoms with E-state index in [1.54, 1.807) is 6.92 Å². The Morgan fingerprint density at radius 2 is 1.93 bits per heavy atom. The standard InChI is InChI=1S/C19H26F3NO6S/c1-14-11-16(4-5-17(14)24)30(26,27)23-7-6-15(12-23)13-29-10-9-28-8-2-3-18(25)19(20,21)22/h4-5,11,15,24H,2-3,6-10,12-13H2,1H3/t15-/m0/s1. The number of phenols is 1. The first-order chi connectivity index (χ1) is 14.0. The molecule has 0 spiro atoms. The molecule has 11 heteroatoms. The molecule has 2 rings (SSSR count). The molecule has 1 aromatic rings. The van der Waals surface area contributed by atoms with Gasteiger partial charge in [-0.25, -0.2) is 8.42 Å². The molecule has 1 N–H and O–H groups in total. The summed E-state index contributed by atoms with van der Waals surface area (Å²) in [6, 6.07) is 4.17. The summed E-state index contributed by atoms with van der Waals surface area (Å²) in [6.45, 7) is 3.12. The lowest BCUT2D eigenvalue weighted by atomic mass is 10.1. The predicted molar refractivity (Wildman–Crippen MR) is 102 cm³/mol. The number of aryl methyl sites for hydroxylation is 1. The van der Waals surface area contributed by atoms with Crippen molar-refractivity contribution in [2.45, 2.75) is 37.3 Å². The van der Waals surface area contributed by atoms with Crippen LogP contribution in [0.15, 0.2) is 23.1 Å². The van der Waals surface area contributed by atoms with Crippen molar-refractivity contribution in [1.29, 1.82) is 0 Å². The van der Waals surface area contributed by atoms with Crippen molar-refractivity contribution in [2.75, 3.05) is 39.5 Å². The topological polar surface area (TPSA) is 93.1 Å². The number of ketones is 1. The van der Waals surface area contributed by atoms with Crippen molar-refractivity contribution in [2.24, 2.45) is 5.92 Å². The quantitative estimate of drug-likeness (QED) is 0.518. The van der Waals surface area contributed by atoms with Crippen LogP contribution >= 0.6 is 0 Å². The van der Waals surface area contributed by atoms with Crippen LogP contribution in [-0.4, -0.2) is 69.3 Å². The number of sulfonamides is 1. The van der Waals surface area contributed by atoms with Crippen molar-refractivity contribution in [3.05, 3.63) is 23.8 Å². The number of alkyl halides is 3. The van der Waals surface area contributed by atoms with Crippen molar-refractivity contribution < 1.29 is 41.0 Å².